The molecule has 1 aromatic heterocycles. The van der Waals surface area contributed by atoms with Crippen LogP contribution in [0, 0.1) is 0 Å². The molecule has 114 valence electrons. The molecule has 3 aromatic rings. The summed E-state index contributed by atoms with van der Waals surface area (Å²) < 4.78 is 1.55. The van der Waals surface area contributed by atoms with Crippen molar-refractivity contribution in [3.63, 3.8) is 0 Å². The molecule has 2 aromatic carbocycles. The number of aromatic nitrogens is 1. The van der Waals surface area contributed by atoms with Gasteiger partial charge in [-0.1, -0.05) is 48.5 Å². The van der Waals surface area contributed by atoms with Crippen LogP contribution in [0.25, 0.3) is 5.69 Å². The molecule has 1 amide bonds. The van der Waals surface area contributed by atoms with Gasteiger partial charge in [-0.25, -0.2) is 0 Å². The van der Waals surface area contributed by atoms with E-state index in [0.717, 1.165) is 16.8 Å². The van der Waals surface area contributed by atoms with E-state index in [1.165, 1.54) is 6.07 Å². The quantitative estimate of drug-likeness (QED) is 0.804. The second-order valence-electron chi connectivity index (χ2n) is 5.25. The van der Waals surface area contributed by atoms with Crippen molar-refractivity contribution in [3.8, 4) is 5.69 Å². The standard InChI is InChI=1S/C19H16N2O2/c20-19(23)18(14-6-2-1-3-7-14)15-9-11-16(12-10-15)21-13-5-4-8-17(21)22/h1-13,18H,(H2,20,23). The summed E-state index contributed by atoms with van der Waals surface area (Å²) in [7, 11) is 0. The van der Waals surface area contributed by atoms with Gasteiger partial charge in [0.15, 0.2) is 0 Å². The van der Waals surface area contributed by atoms with Crippen molar-refractivity contribution in [1.82, 2.24) is 4.57 Å². The van der Waals surface area contributed by atoms with E-state index in [1.807, 2.05) is 54.6 Å². The van der Waals surface area contributed by atoms with E-state index in [1.54, 1.807) is 22.9 Å². The summed E-state index contributed by atoms with van der Waals surface area (Å²) >= 11 is 0. The molecule has 0 aliphatic rings. The number of hydrogen-bond acceptors (Lipinski definition) is 2. The van der Waals surface area contributed by atoms with Crippen molar-refractivity contribution in [3.05, 3.63) is 100 Å². The molecule has 1 unspecified atom stereocenters. The second-order valence-corrected chi connectivity index (χ2v) is 5.25. The van der Waals surface area contributed by atoms with Crippen LogP contribution in [0.15, 0.2) is 83.8 Å². The molecular formula is C19H16N2O2. The zero-order valence-corrected chi connectivity index (χ0v) is 12.4. The molecule has 0 aliphatic carbocycles. The predicted molar refractivity (Wildman–Crippen MR) is 89.5 cm³/mol. The third kappa shape index (κ3) is 3.06. The Morgan fingerprint density at radius 2 is 1.43 bits per heavy atom. The molecule has 0 spiro atoms. The Labute approximate surface area is 133 Å². The number of hydrogen-bond donors (Lipinski definition) is 1. The molecule has 0 radical (unpaired) electrons. The highest BCUT2D eigenvalue weighted by Crippen LogP contribution is 2.25. The van der Waals surface area contributed by atoms with Gasteiger partial charge in [-0.2, -0.15) is 0 Å². The molecule has 1 heterocycles. The van der Waals surface area contributed by atoms with Crippen LogP contribution in [0.5, 0.6) is 0 Å². The van der Waals surface area contributed by atoms with E-state index in [-0.39, 0.29) is 5.56 Å². The molecule has 0 bridgehead atoms. The zero-order chi connectivity index (χ0) is 16.2. The van der Waals surface area contributed by atoms with Gasteiger partial charge in [0.1, 0.15) is 0 Å². The fraction of sp³-hybridized carbons (Fsp3) is 0.0526. The third-order valence-electron chi connectivity index (χ3n) is 3.74. The van der Waals surface area contributed by atoms with E-state index >= 15 is 0 Å². The lowest BCUT2D eigenvalue weighted by Gasteiger charge is -2.15. The van der Waals surface area contributed by atoms with Gasteiger partial charge in [0.2, 0.25) is 5.91 Å². The smallest absolute Gasteiger partial charge is 0.255 e. The summed E-state index contributed by atoms with van der Waals surface area (Å²) in [4.78, 5) is 23.7. The SMILES string of the molecule is NC(=O)C(c1ccccc1)c1ccc(-n2ccccc2=O)cc1. The van der Waals surface area contributed by atoms with Gasteiger partial charge in [0, 0.05) is 18.0 Å². The van der Waals surface area contributed by atoms with Gasteiger partial charge in [0.05, 0.1) is 5.92 Å². The van der Waals surface area contributed by atoms with Crippen LogP contribution in [0.2, 0.25) is 0 Å². The van der Waals surface area contributed by atoms with Crippen LogP contribution >= 0.6 is 0 Å². The van der Waals surface area contributed by atoms with Crippen LogP contribution in [-0.2, 0) is 4.79 Å². The predicted octanol–water partition coefficient (Wildman–Crippen LogP) is 2.45. The number of nitrogens with two attached hydrogens (primary N) is 1. The van der Waals surface area contributed by atoms with Gasteiger partial charge in [0.25, 0.3) is 5.56 Å². The van der Waals surface area contributed by atoms with Crippen molar-refractivity contribution in [1.29, 1.82) is 0 Å². The molecule has 2 N–H and O–H groups in total. The molecule has 4 heteroatoms. The molecular weight excluding hydrogens is 288 g/mol. The van der Waals surface area contributed by atoms with Crippen LogP contribution < -0.4 is 11.3 Å². The van der Waals surface area contributed by atoms with Crippen molar-refractivity contribution in [2.24, 2.45) is 5.73 Å². The highest BCUT2D eigenvalue weighted by molar-refractivity contribution is 5.85. The molecule has 0 fully saturated rings. The summed E-state index contributed by atoms with van der Waals surface area (Å²) in [6.45, 7) is 0. The average Bonchev–Trinajstić information content (AvgIpc) is 2.57. The molecule has 1 atom stereocenters. The lowest BCUT2D eigenvalue weighted by atomic mass is 9.90. The zero-order valence-electron chi connectivity index (χ0n) is 12.4. The van der Waals surface area contributed by atoms with Crippen LogP contribution in [-0.4, -0.2) is 10.5 Å². The second kappa shape index (κ2) is 6.32. The summed E-state index contributed by atoms with van der Waals surface area (Å²) in [6, 6.07) is 21.7. The van der Waals surface area contributed by atoms with Crippen LogP contribution in [0.4, 0.5) is 0 Å². The van der Waals surface area contributed by atoms with Crippen molar-refractivity contribution in [2.75, 3.05) is 0 Å². The van der Waals surface area contributed by atoms with E-state index in [0.29, 0.717) is 0 Å². The summed E-state index contributed by atoms with van der Waals surface area (Å²) in [5, 5.41) is 0. The molecule has 0 saturated heterocycles. The Balaban J connectivity index is 1.99. The largest absolute Gasteiger partial charge is 0.369 e. The first-order valence-corrected chi connectivity index (χ1v) is 7.29. The maximum Gasteiger partial charge on any atom is 0.255 e. The Kier molecular flexibility index (Phi) is 4.06. The first kappa shape index (κ1) is 14.8. The van der Waals surface area contributed by atoms with Crippen LogP contribution in [0.1, 0.15) is 17.0 Å². The number of nitrogens with zero attached hydrogens (tertiary/aromatic N) is 1. The van der Waals surface area contributed by atoms with Crippen LogP contribution in [0.3, 0.4) is 0 Å². The minimum atomic E-state index is -0.502. The Morgan fingerprint density at radius 3 is 2.04 bits per heavy atom. The Morgan fingerprint density at radius 1 is 0.826 bits per heavy atom. The summed E-state index contributed by atoms with van der Waals surface area (Å²) in [5.41, 5.74) is 7.88. The lowest BCUT2D eigenvalue weighted by molar-refractivity contribution is -0.118. The number of benzene rings is 2. The fourth-order valence-electron chi connectivity index (χ4n) is 2.63. The van der Waals surface area contributed by atoms with E-state index < -0.39 is 11.8 Å². The van der Waals surface area contributed by atoms with Crippen molar-refractivity contribution < 1.29 is 4.79 Å². The number of primary amides is 1. The van der Waals surface area contributed by atoms with E-state index in [9.17, 15) is 9.59 Å². The maximum atomic E-state index is 11.9. The Bertz CT molecular complexity index is 868. The topological polar surface area (TPSA) is 65.1 Å². The normalized spacial score (nSPS) is 11.8. The minimum absolute atomic E-state index is 0.102. The van der Waals surface area contributed by atoms with E-state index in [4.69, 9.17) is 5.73 Å². The Hall–Kier alpha value is -3.14. The van der Waals surface area contributed by atoms with Gasteiger partial charge in [-0.05, 0) is 29.3 Å². The summed E-state index contributed by atoms with van der Waals surface area (Å²) in [6.07, 6.45) is 1.71. The van der Waals surface area contributed by atoms with E-state index in [2.05, 4.69) is 0 Å². The van der Waals surface area contributed by atoms with Gasteiger partial charge >= 0.3 is 0 Å². The third-order valence-corrected chi connectivity index (χ3v) is 3.74. The molecule has 3 rings (SSSR count). The highest BCUT2D eigenvalue weighted by atomic mass is 16.1. The fourth-order valence-corrected chi connectivity index (χ4v) is 2.63. The average molecular weight is 304 g/mol. The minimum Gasteiger partial charge on any atom is -0.369 e. The number of carbonyl (C=O) groups excluding carboxylic acids is 1. The number of carbonyl (C=O) groups is 1. The highest BCUT2D eigenvalue weighted by Gasteiger charge is 2.19. The maximum absolute atomic E-state index is 11.9. The molecule has 0 saturated carbocycles. The monoisotopic (exact) mass is 304 g/mol. The summed E-state index contributed by atoms with van der Waals surface area (Å²) in [5.74, 6) is -0.904. The van der Waals surface area contributed by atoms with Gasteiger partial charge < -0.3 is 5.73 Å². The van der Waals surface area contributed by atoms with Gasteiger partial charge in [-0.15, -0.1) is 0 Å². The van der Waals surface area contributed by atoms with Gasteiger partial charge in [-0.3, -0.25) is 14.2 Å². The molecule has 4 nitrogen and oxygen atoms in total. The van der Waals surface area contributed by atoms with Crippen molar-refractivity contribution in [2.45, 2.75) is 5.92 Å². The number of pyridine rings is 1. The molecule has 23 heavy (non-hydrogen) atoms. The first-order valence-electron chi connectivity index (χ1n) is 7.29. The lowest BCUT2D eigenvalue weighted by Crippen LogP contribution is -2.22. The number of amides is 1. The van der Waals surface area contributed by atoms with Crippen molar-refractivity contribution >= 4 is 5.91 Å². The molecule has 0 aliphatic heterocycles. The first-order chi connectivity index (χ1) is 11.2. The number of rotatable bonds is 4.